The van der Waals surface area contributed by atoms with E-state index in [0.29, 0.717) is 12.1 Å². The second kappa shape index (κ2) is 13.2. The lowest BCUT2D eigenvalue weighted by Gasteiger charge is -2.25. The lowest BCUT2D eigenvalue weighted by atomic mass is 9.99. The first-order valence-electron chi connectivity index (χ1n) is 12.1. The van der Waals surface area contributed by atoms with E-state index in [1.807, 2.05) is 0 Å². The Bertz CT molecular complexity index is 1070. The van der Waals surface area contributed by atoms with Crippen LogP contribution in [0.3, 0.4) is 0 Å². The van der Waals surface area contributed by atoms with Crippen LogP contribution in [0.1, 0.15) is 55.4 Å². The van der Waals surface area contributed by atoms with Gasteiger partial charge in [0.25, 0.3) is 0 Å². The molecule has 39 heavy (non-hydrogen) atoms. The number of benzene rings is 2. The van der Waals surface area contributed by atoms with E-state index < -0.39 is 47.7 Å². The molecule has 1 unspecified atom stereocenters. The zero-order valence-electron chi connectivity index (χ0n) is 22.1. The van der Waals surface area contributed by atoms with Crippen LogP contribution >= 0.6 is 0 Å². The molecule has 6 nitrogen and oxygen atoms in total. The second-order valence-corrected chi connectivity index (χ2v) is 9.99. The molecule has 12 heteroatoms. The number of nitrogens with one attached hydrogen (secondary N) is 1. The highest BCUT2D eigenvalue weighted by atomic mass is 19.4. The van der Waals surface area contributed by atoms with Gasteiger partial charge in [-0.25, -0.2) is 4.79 Å². The SMILES string of the molecule is CN(CC(COCc1cc(C(F)(F)F)cc(C(F)(F)F)c1)c1ccccc1)C(=O)CCNC(=O)OC(C)(C)C. The van der Waals surface area contributed by atoms with Gasteiger partial charge >= 0.3 is 18.4 Å². The summed E-state index contributed by atoms with van der Waals surface area (Å²) >= 11 is 0. The van der Waals surface area contributed by atoms with Crippen molar-refractivity contribution < 1.29 is 45.4 Å². The Kier molecular flexibility index (Phi) is 10.8. The molecule has 2 rings (SSSR count). The van der Waals surface area contributed by atoms with Crippen LogP contribution in [0.5, 0.6) is 0 Å². The second-order valence-electron chi connectivity index (χ2n) is 9.99. The van der Waals surface area contributed by atoms with E-state index in [1.54, 1.807) is 58.2 Å². The van der Waals surface area contributed by atoms with Crippen LogP contribution in [0.15, 0.2) is 48.5 Å². The Morgan fingerprint density at radius 3 is 2.00 bits per heavy atom. The third-order valence-corrected chi connectivity index (χ3v) is 5.43. The molecule has 0 aliphatic heterocycles. The molecule has 0 aliphatic rings. The lowest BCUT2D eigenvalue weighted by Crippen LogP contribution is -2.37. The first-order valence-corrected chi connectivity index (χ1v) is 12.1. The molecule has 0 saturated heterocycles. The summed E-state index contributed by atoms with van der Waals surface area (Å²) in [7, 11) is 1.55. The highest BCUT2D eigenvalue weighted by Gasteiger charge is 2.37. The van der Waals surface area contributed by atoms with Gasteiger partial charge in [-0.3, -0.25) is 4.79 Å². The van der Waals surface area contributed by atoms with Crippen LogP contribution in [0.4, 0.5) is 31.1 Å². The van der Waals surface area contributed by atoms with Crippen molar-refractivity contribution in [1.29, 1.82) is 0 Å². The molecule has 0 fully saturated rings. The third kappa shape index (κ3) is 11.2. The molecule has 0 aromatic heterocycles. The predicted molar refractivity (Wildman–Crippen MR) is 132 cm³/mol. The molecule has 0 spiro atoms. The van der Waals surface area contributed by atoms with Gasteiger partial charge in [-0.05, 0) is 50.1 Å². The van der Waals surface area contributed by atoms with Crippen molar-refractivity contribution >= 4 is 12.0 Å². The first kappa shape index (κ1) is 31.9. The molecule has 1 N–H and O–H groups in total. The zero-order valence-corrected chi connectivity index (χ0v) is 22.1. The molecule has 2 amide bonds. The fourth-order valence-electron chi connectivity index (χ4n) is 3.61. The Labute approximate surface area is 223 Å². The molecule has 216 valence electrons. The number of rotatable bonds is 10. The monoisotopic (exact) mass is 562 g/mol. The minimum atomic E-state index is -4.95. The normalized spacial score (nSPS) is 13.1. The Morgan fingerprint density at radius 1 is 0.923 bits per heavy atom. The molecule has 0 aliphatic carbocycles. The fourth-order valence-corrected chi connectivity index (χ4v) is 3.61. The fraction of sp³-hybridized carbons (Fsp3) is 0.481. The maximum Gasteiger partial charge on any atom is 0.416 e. The van der Waals surface area contributed by atoms with E-state index in [9.17, 15) is 35.9 Å². The van der Waals surface area contributed by atoms with Crippen LogP contribution in [-0.4, -0.2) is 49.2 Å². The van der Waals surface area contributed by atoms with Crippen LogP contribution in [0, 0.1) is 0 Å². The number of alkyl halides is 6. The summed E-state index contributed by atoms with van der Waals surface area (Å²) in [4.78, 5) is 25.8. The number of carbonyl (C=O) groups is 2. The van der Waals surface area contributed by atoms with E-state index in [4.69, 9.17) is 9.47 Å². The van der Waals surface area contributed by atoms with Crippen molar-refractivity contribution in [3.8, 4) is 0 Å². The van der Waals surface area contributed by atoms with Crippen molar-refractivity contribution in [3.63, 3.8) is 0 Å². The number of halogens is 6. The number of ether oxygens (including phenoxy) is 2. The van der Waals surface area contributed by atoms with Gasteiger partial charge in [-0.2, -0.15) is 26.3 Å². The van der Waals surface area contributed by atoms with Gasteiger partial charge in [-0.15, -0.1) is 0 Å². The van der Waals surface area contributed by atoms with Gasteiger partial charge in [0, 0.05) is 32.5 Å². The van der Waals surface area contributed by atoms with Crippen LogP contribution in [0.2, 0.25) is 0 Å². The summed E-state index contributed by atoms with van der Waals surface area (Å²) in [6.45, 7) is 4.76. The number of likely N-dealkylation sites (N-methyl/N-ethyl adjacent to an activating group) is 1. The van der Waals surface area contributed by atoms with Crippen molar-refractivity contribution in [2.45, 2.75) is 57.7 Å². The number of amides is 2. The van der Waals surface area contributed by atoms with E-state index in [1.165, 1.54) is 4.90 Å². The smallest absolute Gasteiger partial charge is 0.416 e. The molecule has 2 aromatic carbocycles. The number of alkyl carbamates (subject to hydrolysis) is 1. The van der Waals surface area contributed by atoms with Crippen molar-refractivity contribution in [2.75, 3.05) is 26.7 Å². The Balaban J connectivity index is 2.05. The van der Waals surface area contributed by atoms with E-state index in [-0.39, 0.29) is 43.7 Å². The number of hydrogen-bond donors (Lipinski definition) is 1. The first-order chi connectivity index (χ1) is 18.0. The topological polar surface area (TPSA) is 67.9 Å². The number of carbonyl (C=O) groups excluding carboxylic acids is 2. The minimum absolute atomic E-state index is 0.0113. The average Bonchev–Trinajstić information content (AvgIpc) is 2.81. The molecule has 0 saturated carbocycles. The van der Waals surface area contributed by atoms with E-state index >= 15 is 0 Å². The molecule has 1 atom stereocenters. The zero-order chi connectivity index (χ0) is 29.4. The number of nitrogens with zero attached hydrogens (tertiary/aromatic N) is 1. The maximum atomic E-state index is 13.2. The largest absolute Gasteiger partial charge is 0.444 e. The van der Waals surface area contributed by atoms with Crippen LogP contribution in [0.25, 0.3) is 0 Å². The summed E-state index contributed by atoms with van der Waals surface area (Å²) in [6, 6.07) is 10.2. The van der Waals surface area contributed by atoms with Gasteiger partial charge in [0.05, 0.1) is 24.3 Å². The molecule has 0 radical (unpaired) electrons. The van der Waals surface area contributed by atoms with Gasteiger partial charge < -0.3 is 19.7 Å². The summed E-state index contributed by atoms with van der Waals surface area (Å²) in [5.41, 5.74) is -3.02. The lowest BCUT2D eigenvalue weighted by molar-refractivity contribution is -0.143. The van der Waals surface area contributed by atoms with Gasteiger partial charge in [0.15, 0.2) is 0 Å². The van der Waals surface area contributed by atoms with Crippen molar-refractivity contribution in [2.24, 2.45) is 0 Å². The Morgan fingerprint density at radius 2 is 1.49 bits per heavy atom. The van der Waals surface area contributed by atoms with Crippen LogP contribution < -0.4 is 5.32 Å². The minimum Gasteiger partial charge on any atom is -0.444 e. The van der Waals surface area contributed by atoms with Gasteiger partial charge in [0.2, 0.25) is 5.91 Å². The molecular weight excluding hydrogens is 530 g/mol. The molecule has 0 heterocycles. The highest BCUT2D eigenvalue weighted by Crippen LogP contribution is 2.36. The van der Waals surface area contributed by atoms with Gasteiger partial charge in [-0.1, -0.05) is 30.3 Å². The summed E-state index contributed by atoms with van der Waals surface area (Å²) in [5, 5.41) is 2.50. The maximum absolute atomic E-state index is 13.2. The highest BCUT2D eigenvalue weighted by molar-refractivity contribution is 5.77. The summed E-state index contributed by atoms with van der Waals surface area (Å²) in [6.07, 6.45) is -10.6. The van der Waals surface area contributed by atoms with Crippen LogP contribution in [-0.2, 0) is 33.2 Å². The molecule has 2 aromatic rings. The quantitative estimate of drug-likeness (QED) is 0.341. The number of hydrogen-bond acceptors (Lipinski definition) is 4. The Hall–Kier alpha value is -3.28. The standard InChI is InChI=1S/C27H32F6N2O4/c1-25(2,3)39-24(37)34-11-10-23(36)35(4)15-20(19-8-6-5-7-9-19)17-38-16-18-12-21(26(28,29)30)14-22(13-18)27(31,32)33/h5-9,12-14,20H,10-11,15-17H2,1-4H3,(H,34,37). The molecule has 0 bridgehead atoms. The van der Waals surface area contributed by atoms with Gasteiger partial charge in [0.1, 0.15) is 5.60 Å². The van der Waals surface area contributed by atoms with Crippen molar-refractivity contribution in [1.82, 2.24) is 10.2 Å². The summed E-state index contributed by atoms with van der Waals surface area (Å²) in [5.74, 6) is -0.716. The third-order valence-electron chi connectivity index (χ3n) is 5.43. The average molecular weight is 563 g/mol. The van der Waals surface area contributed by atoms with Crippen molar-refractivity contribution in [3.05, 3.63) is 70.8 Å². The summed E-state index contributed by atoms with van der Waals surface area (Å²) < 4.78 is 89.6. The molecular formula is C27H32F6N2O4. The van der Waals surface area contributed by atoms with E-state index in [2.05, 4.69) is 5.32 Å². The predicted octanol–water partition coefficient (Wildman–Crippen LogP) is 6.40. The van der Waals surface area contributed by atoms with E-state index in [0.717, 1.165) is 5.56 Å².